The van der Waals surface area contributed by atoms with Crippen molar-refractivity contribution in [1.29, 1.82) is 0 Å². The third-order valence-corrected chi connectivity index (χ3v) is 6.19. The number of hydrogen-bond acceptors (Lipinski definition) is 4. The molecule has 0 aromatic rings. The molecule has 24 heavy (non-hydrogen) atoms. The Bertz CT molecular complexity index is 514. The lowest BCUT2D eigenvalue weighted by Gasteiger charge is -2.17. The summed E-state index contributed by atoms with van der Waals surface area (Å²) in [6, 6.07) is 0. The van der Waals surface area contributed by atoms with E-state index in [0.717, 1.165) is 38.5 Å². The molecule has 2 fully saturated rings. The van der Waals surface area contributed by atoms with Crippen LogP contribution in [0, 0.1) is 35.5 Å². The number of allylic oxidation sites excluding steroid dienone is 4. The summed E-state index contributed by atoms with van der Waals surface area (Å²) < 4.78 is 10.8. The van der Waals surface area contributed by atoms with E-state index in [1.807, 2.05) is 0 Å². The van der Waals surface area contributed by atoms with E-state index in [4.69, 9.17) is 9.47 Å². The molecule has 0 N–H and O–H groups in total. The molecule has 4 aliphatic carbocycles. The molecule has 0 spiro atoms. The minimum atomic E-state index is -0.0439. The zero-order valence-corrected chi connectivity index (χ0v) is 14.1. The van der Waals surface area contributed by atoms with Gasteiger partial charge in [-0.25, -0.2) is 0 Å². The molecular weight excluding hydrogens is 304 g/mol. The summed E-state index contributed by atoms with van der Waals surface area (Å²) in [5.74, 6) is 2.04. The minimum absolute atomic E-state index is 0.0439. The average Bonchev–Trinajstić information content (AvgIpc) is 3.37. The molecule has 6 atom stereocenters. The van der Waals surface area contributed by atoms with E-state index in [1.165, 1.54) is 0 Å². The van der Waals surface area contributed by atoms with E-state index in [2.05, 4.69) is 24.3 Å². The minimum Gasteiger partial charge on any atom is -0.465 e. The highest BCUT2D eigenvalue weighted by Gasteiger charge is 2.41. The molecule has 2 unspecified atom stereocenters. The molecule has 0 amide bonds. The molecule has 130 valence electrons. The van der Waals surface area contributed by atoms with E-state index >= 15 is 0 Å². The third-order valence-electron chi connectivity index (χ3n) is 6.19. The molecule has 2 saturated carbocycles. The van der Waals surface area contributed by atoms with Crippen molar-refractivity contribution >= 4 is 11.9 Å². The summed E-state index contributed by atoms with van der Waals surface area (Å²) in [6.07, 6.45) is 14.5. The van der Waals surface area contributed by atoms with E-state index in [9.17, 15) is 9.59 Å². The maximum atomic E-state index is 12.1. The molecule has 0 radical (unpaired) electrons. The van der Waals surface area contributed by atoms with Gasteiger partial charge < -0.3 is 9.47 Å². The Morgan fingerprint density at radius 2 is 1.17 bits per heavy atom. The zero-order valence-electron chi connectivity index (χ0n) is 14.1. The van der Waals surface area contributed by atoms with Crippen molar-refractivity contribution in [1.82, 2.24) is 0 Å². The fraction of sp³-hybridized carbons (Fsp3) is 0.700. The number of esters is 2. The van der Waals surface area contributed by atoms with Gasteiger partial charge in [-0.05, 0) is 62.2 Å². The fourth-order valence-corrected chi connectivity index (χ4v) is 4.87. The molecule has 4 nitrogen and oxygen atoms in total. The number of carbonyl (C=O) groups excluding carboxylic acids is 2. The number of rotatable bonds is 7. The van der Waals surface area contributed by atoms with E-state index < -0.39 is 0 Å². The third kappa shape index (κ3) is 3.15. The standard InChI is InChI=1S/C20H26O4/c21-19(17-11-13-3-5-15(17)9-13)23-7-1-2-8-24-20(22)18-12-14-4-6-16(18)10-14/h3-6,13-18H,1-2,7-12H2/t13-,14?,15+,16?,17-,18+/m1/s1. The quantitative estimate of drug-likeness (QED) is 0.408. The summed E-state index contributed by atoms with van der Waals surface area (Å²) in [4.78, 5) is 24.2. The number of ether oxygens (including phenoxy) is 2. The van der Waals surface area contributed by atoms with Gasteiger partial charge in [0.2, 0.25) is 0 Å². The van der Waals surface area contributed by atoms with Crippen LogP contribution >= 0.6 is 0 Å². The molecule has 0 aliphatic heterocycles. The Balaban J connectivity index is 1.07. The van der Waals surface area contributed by atoms with E-state index in [0.29, 0.717) is 36.9 Å². The highest BCUT2D eigenvalue weighted by Crippen LogP contribution is 2.44. The van der Waals surface area contributed by atoms with Crippen LogP contribution in [0.3, 0.4) is 0 Å². The first kappa shape index (κ1) is 15.9. The normalized spacial score (nSPS) is 38.0. The number of hydrogen-bond donors (Lipinski definition) is 0. The van der Waals surface area contributed by atoms with Crippen molar-refractivity contribution in [2.75, 3.05) is 13.2 Å². The molecule has 4 aliphatic rings. The SMILES string of the molecule is O=C(OCCCCOC(=O)[C@@H]1C[C@@H]2C=C[C@H]1C2)[C@H]1CC2C=CC1C2. The van der Waals surface area contributed by atoms with Crippen molar-refractivity contribution in [2.45, 2.75) is 38.5 Å². The van der Waals surface area contributed by atoms with Gasteiger partial charge in [-0.15, -0.1) is 0 Å². The molecule has 0 aromatic heterocycles. The summed E-state index contributed by atoms with van der Waals surface area (Å²) in [7, 11) is 0. The van der Waals surface area contributed by atoms with Crippen LogP contribution in [0.25, 0.3) is 0 Å². The number of fused-ring (bicyclic) bond motifs is 4. The van der Waals surface area contributed by atoms with Crippen LogP contribution < -0.4 is 0 Å². The van der Waals surface area contributed by atoms with Crippen molar-refractivity contribution in [2.24, 2.45) is 35.5 Å². The Hall–Kier alpha value is -1.58. The monoisotopic (exact) mass is 330 g/mol. The number of unbranched alkanes of at least 4 members (excludes halogenated alkanes) is 1. The Morgan fingerprint density at radius 1 is 0.708 bits per heavy atom. The summed E-state index contributed by atoms with van der Waals surface area (Å²) in [6.45, 7) is 0.871. The first-order chi connectivity index (χ1) is 11.7. The molecule has 4 bridgehead atoms. The fourth-order valence-electron chi connectivity index (χ4n) is 4.87. The van der Waals surface area contributed by atoms with Gasteiger partial charge >= 0.3 is 11.9 Å². The predicted molar refractivity (Wildman–Crippen MR) is 88.8 cm³/mol. The van der Waals surface area contributed by atoms with Gasteiger partial charge in [-0.2, -0.15) is 0 Å². The lowest BCUT2D eigenvalue weighted by molar-refractivity contribution is -0.152. The van der Waals surface area contributed by atoms with Crippen LogP contribution in [0.2, 0.25) is 0 Å². The van der Waals surface area contributed by atoms with E-state index in [1.54, 1.807) is 0 Å². The molecule has 4 heteroatoms. The van der Waals surface area contributed by atoms with Crippen LogP contribution in [-0.4, -0.2) is 25.2 Å². The highest BCUT2D eigenvalue weighted by atomic mass is 16.5. The topological polar surface area (TPSA) is 52.6 Å². The maximum Gasteiger partial charge on any atom is 0.309 e. The second kappa shape index (κ2) is 6.73. The number of carbonyl (C=O) groups is 2. The smallest absolute Gasteiger partial charge is 0.309 e. The van der Waals surface area contributed by atoms with Gasteiger partial charge in [0.25, 0.3) is 0 Å². The van der Waals surface area contributed by atoms with Gasteiger partial charge in [0.1, 0.15) is 0 Å². The lowest BCUT2D eigenvalue weighted by atomic mass is 9.94. The van der Waals surface area contributed by atoms with Crippen LogP contribution in [0.15, 0.2) is 24.3 Å². The molecule has 0 aromatic carbocycles. The molecule has 0 heterocycles. The lowest BCUT2D eigenvalue weighted by Crippen LogP contribution is -2.23. The van der Waals surface area contributed by atoms with Gasteiger partial charge in [0.15, 0.2) is 0 Å². The maximum absolute atomic E-state index is 12.1. The van der Waals surface area contributed by atoms with Crippen molar-refractivity contribution in [3.05, 3.63) is 24.3 Å². The largest absolute Gasteiger partial charge is 0.465 e. The van der Waals surface area contributed by atoms with Crippen molar-refractivity contribution in [3.63, 3.8) is 0 Å². The summed E-state index contributed by atoms with van der Waals surface area (Å²) in [5, 5.41) is 0. The van der Waals surface area contributed by atoms with Crippen LogP contribution in [0.4, 0.5) is 0 Å². The van der Waals surface area contributed by atoms with Crippen LogP contribution in [0.5, 0.6) is 0 Å². The summed E-state index contributed by atoms with van der Waals surface area (Å²) >= 11 is 0. The molecule has 4 rings (SSSR count). The van der Waals surface area contributed by atoms with Crippen molar-refractivity contribution < 1.29 is 19.1 Å². The Labute approximate surface area is 143 Å². The van der Waals surface area contributed by atoms with Gasteiger partial charge in [0.05, 0.1) is 25.0 Å². The Morgan fingerprint density at radius 3 is 1.50 bits per heavy atom. The Kier molecular flexibility index (Phi) is 4.47. The van der Waals surface area contributed by atoms with Gasteiger partial charge in [0, 0.05) is 0 Å². The van der Waals surface area contributed by atoms with Crippen LogP contribution in [0.1, 0.15) is 38.5 Å². The summed E-state index contributed by atoms with van der Waals surface area (Å²) in [5.41, 5.74) is 0. The second-order valence-corrected chi connectivity index (χ2v) is 7.82. The second-order valence-electron chi connectivity index (χ2n) is 7.82. The average molecular weight is 330 g/mol. The van der Waals surface area contributed by atoms with E-state index in [-0.39, 0.29) is 23.8 Å². The van der Waals surface area contributed by atoms with Gasteiger partial charge in [-0.1, -0.05) is 24.3 Å². The predicted octanol–water partition coefficient (Wildman–Crippen LogP) is 3.28. The molecular formula is C20H26O4. The highest BCUT2D eigenvalue weighted by molar-refractivity contribution is 5.74. The first-order valence-electron chi connectivity index (χ1n) is 9.40. The molecule has 0 saturated heterocycles. The van der Waals surface area contributed by atoms with Gasteiger partial charge in [-0.3, -0.25) is 9.59 Å². The first-order valence-corrected chi connectivity index (χ1v) is 9.40. The van der Waals surface area contributed by atoms with Crippen molar-refractivity contribution in [3.8, 4) is 0 Å². The van der Waals surface area contributed by atoms with Crippen LogP contribution in [-0.2, 0) is 19.1 Å². The zero-order chi connectivity index (χ0) is 16.5.